The molecule has 0 aromatic carbocycles. The largest absolute Gasteiger partial charge is 0.327 e. The fraction of sp³-hybridized carbons (Fsp3) is 0.333. The summed E-state index contributed by atoms with van der Waals surface area (Å²) in [4.78, 5) is 17.6. The summed E-state index contributed by atoms with van der Waals surface area (Å²) in [5.41, 5.74) is 1.34. The number of hydrogen-bond donors (Lipinski definition) is 1. The highest BCUT2D eigenvalue weighted by Gasteiger charge is 2.00. The summed E-state index contributed by atoms with van der Waals surface area (Å²) in [6, 6.07) is 3.65. The van der Waals surface area contributed by atoms with Crippen LogP contribution in [-0.4, -0.2) is 14.5 Å². The molecule has 4 heteroatoms. The van der Waals surface area contributed by atoms with E-state index in [1.54, 1.807) is 19.3 Å². The number of aryl methyl sites for hydroxylation is 1. The van der Waals surface area contributed by atoms with Crippen LogP contribution in [0.2, 0.25) is 0 Å². The van der Waals surface area contributed by atoms with E-state index in [1.165, 1.54) is 4.57 Å². The van der Waals surface area contributed by atoms with Gasteiger partial charge in [-0.25, -0.2) is 9.78 Å². The van der Waals surface area contributed by atoms with Gasteiger partial charge in [-0.2, -0.15) is 0 Å². The van der Waals surface area contributed by atoms with Crippen molar-refractivity contribution in [2.45, 2.75) is 13.8 Å². The lowest BCUT2D eigenvalue weighted by atomic mass is 10.4. The first-order valence-corrected chi connectivity index (χ1v) is 4.29. The minimum atomic E-state index is -0.126. The van der Waals surface area contributed by atoms with Crippen molar-refractivity contribution in [1.82, 2.24) is 14.5 Å². The van der Waals surface area contributed by atoms with Crippen molar-refractivity contribution < 1.29 is 0 Å². The molecule has 13 heavy (non-hydrogen) atoms. The molecule has 0 radical (unpaired) electrons. The number of aromatic amines is 1. The SMILES string of the molecule is CC.Cn1c(=O)[nH]c2ncccc21. The van der Waals surface area contributed by atoms with Gasteiger partial charge in [0.15, 0.2) is 5.65 Å². The highest BCUT2D eigenvalue weighted by Crippen LogP contribution is 2.02. The van der Waals surface area contributed by atoms with Gasteiger partial charge in [0.25, 0.3) is 0 Å². The molecule has 2 rings (SSSR count). The Morgan fingerprint density at radius 2 is 2.15 bits per heavy atom. The third-order valence-corrected chi connectivity index (χ3v) is 1.68. The minimum Gasteiger partial charge on any atom is -0.294 e. The third-order valence-electron chi connectivity index (χ3n) is 1.68. The fourth-order valence-electron chi connectivity index (χ4n) is 1.06. The molecule has 0 unspecified atom stereocenters. The van der Waals surface area contributed by atoms with Crippen LogP contribution in [0.1, 0.15) is 13.8 Å². The topological polar surface area (TPSA) is 50.7 Å². The maximum atomic E-state index is 11.0. The van der Waals surface area contributed by atoms with Gasteiger partial charge >= 0.3 is 5.69 Å². The van der Waals surface area contributed by atoms with E-state index in [-0.39, 0.29) is 5.69 Å². The van der Waals surface area contributed by atoms with E-state index in [4.69, 9.17) is 0 Å². The summed E-state index contributed by atoms with van der Waals surface area (Å²) in [6.45, 7) is 4.00. The molecule has 0 amide bonds. The van der Waals surface area contributed by atoms with Crippen LogP contribution in [0.25, 0.3) is 11.2 Å². The molecule has 2 heterocycles. The van der Waals surface area contributed by atoms with Crippen LogP contribution in [0.15, 0.2) is 23.1 Å². The highest BCUT2D eigenvalue weighted by atomic mass is 16.1. The quantitative estimate of drug-likeness (QED) is 0.662. The predicted molar refractivity (Wildman–Crippen MR) is 52.7 cm³/mol. The number of nitrogens with one attached hydrogen (secondary N) is 1. The first-order chi connectivity index (χ1) is 6.29. The second kappa shape index (κ2) is 3.89. The molecule has 0 saturated carbocycles. The molecule has 2 aromatic rings. The molecule has 70 valence electrons. The van der Waals surface area contributed by atoms with Crippen molar-refractivity contribution in [3.05, 3.63) is 28.8 Å². The summed E-state index contributed by atoms with van der Waals surface area (Å²) in [7, 11) is 1.71. The Balaban J connectivity index is 0.000000396. The summed E-state index contributed by atoms with van der Waals surface area (Å²) in [5.74, 6) is 0. The smallest absolute Gasteiger partial charge is 0.294 e. The average Bonchev–Trinajstić information content (AvgIpc) is 2.47. The number of rotatable bonds is 0. The molecule has 0 saturated heterocycles. The molecule has 0 spiro atoms. The minimum absolute atomic E-state index is 0.126. The summed E-state index contributed by atoms with van der Waals surface area (Å²) in [6.07, 6.45) is 1.65. The summed E-state index contributed by atoms with van der Waals surface area (Å²) in [5, 5.41) is 0. The van der Waals surface area contributed by atoms with E-state index < -0.39 is 0 Å². The molecular formula is C9H13N3O. The zero-order valence-electron chi connectivity index (χ0n) is 8.03. The molecule has 0 fully saturated rings. The van der Waals surface area contributed by atoms with Crippen LogP contribution >= 0.6 is 0 Å². The van der Waals surface area contributed by atoms with Gasteiger partial charge in [0.1, 0.15) is 0 Å². The lowest BCUT2D eigenvalue weighted by Crippen LogP contribution is -2.11. The standard InChI is InChI=1S/C7H7N3O.C2H6/c1-10-5-3-2-4-8-6(5)9-7(10)11;1-2/h2-4H,1H3,(H,8,9,11);1-2H3. The second-order valence-electron chi connectivity index (χ2n) is 2.36. The number of pyridine rings is 1. The van der Waals surface area contributed by atoms with E-state index in [0.717, 1.165) is 5.52 Å². The van der Waals surface area contributed by atoms with Crippen molar-refractivity contribution in [2.24, 2.45) is 7.05 Å². The van der Waals surface area contributed by atoms with Crippen LogP contribution in [0, 0.1) is 0 Å². The van der Waals surface area contributed by atoms with Gasteiger partial charge in [0.05, 0.1) is 5.52 Å². The summed E-state index contributed by atoms with van der Waals surface area (Å²) < 4.78 is 1.53. The lowest BCUT2D eigenvalue weighted by Gasteiger charge is -1.88. The Morgan fingerprint density at radius 1 is 1.46 bits per heavy atom. The van der Waals surface area contributed by atoms with E-state index in [2.05, 4.69) is 9.97 Å². The van der Waals surface area contributed by atoms with Crippen LogP contribution in [0.5, 0.6) is 0 Å². The fourth-order valence-corrected chi connectivity index (χ4v) is 1.06. The molecular weight excluding hydrogens is 166 g/mol. The van der Waals surface area contributed by atoms with Crippen molar-refractivity contribution in [1.29, 1.82) is 0 Å². The zero-order chi connectivity index (χ0) is 9.84. The van der Waals surface area contributed by atoms with Gasteiger partial charge in [-0.05, 0) is 12.1 Å². The monoisotopic (exact) mass is 179 g/mol. The molecule has 1 N–H and O–H groups in total. The van der Waals surface area contributed by atoms with Gasteiger partial charge in [-0.1, -0.05) is 13.8 Å². The molecule has 0 bridgehead atoms. The number of fused-ring (bicyclic) bond motifs is 1. The van der Waals surface area contributed by atoms with E-state index in [0.29, 0.717) is 5.65 Å². The van der Waals surface area contributed by atoms with Crippen molar-refractivity contribution in [3.63, 3.8) is 0 Å². The first-order valence-electron chi connectivity index (χ1n) is 4.29. The molecule has 0 atom stereocenters. The van der Waals surface area contributed by atoms with E-state index >= 15 is 0 Å². The maximum absolute atomic E-state index is 11.0. The van der Waals surface area contributed by atoms with Gasteiger partial charge in [0, 0.05) is 13.2 Å². The molecule has 4 nitrogen and oxygen atoms in total. The summed E-state index contributed by atoms with van der Waals surface area (Å²) >= 11 is 0. The van der Waals surface area contributed by atoms with Crippen molar-refractivity contribution >= 4 is 11.2 Å². The third kappa shape index (κ3) is 1.61. The first kappa shape index (κ1) is 9.51. The van der Waals surface area contributed by atoms with Crippen LogP contribution in [-0.2, 0) is 7.05 Å². The predicted octanol–water partition coefficient (Wildman–Crippen LogP) is 1.29. The molecule has 0 aliphatic rings. The Bertz CT molecular complexity index is 441. The highest BCUT2D eigenvalue weighted by molar-refractivity contribution is 5.69. The Morgan fingerprint density at radius 3 is 2.77 bits per heavy atom. The normalized spacial score (nSPS) is 9.46. The van der Waals surface area contributed by atoms with Gasteiger partial charge < -0.3 is 0 Å². The molecule has 0 aliphatic heterocycles. The lowest BCUT2D eigenvalue weighted by molar-refractivity contribution is 0.891. The van der Waals surface area contributed by atoms with Gasteiger partial charge in [0.2, 0.25) is 0 Å². The van der Waals surface area contributed by atoms with E-state index in [1.807, 2.05) is 19.9 Å². The zero-order valence-corrected chi connectivity index (χ0v) is 8.03. The Hall–Kier alpha value is -1.58. The van der Waals surface area contributed by atoms with Crippen molar-refractivity contribution in [3.8, 4) is 0 Å². The van der Waals surface area contributed by atoms with E-state index in [9.17, 15) is 4.79 Å². The van der Waals surface area contributed by atoms with Gasteiger partial charge in [-0.15, -0.1) is 0 Å². The Kier molecular flexibility index (Phi) is 2.84. The maximum Gasteiger partial charge on any atom is 0.327 e. The van der Waals surface area contributed by atoms with Crippen LogP contribution in [0.4, 0.5) is 0 Å². The number of imidazole rings is 1. The number of hydrogen-bond acceptors (Lipinski definition) is 2. The average molecular weight is 179 g/mol. The molecule has 0 aliphatic carbocycles. The van der Waals surface area contributed by atoms with Crippen LogP contribution < -0.4 is 5.69 Å². The van der Waals surface area contributed by atoms with Crippen LogP contribution in [0.3, 0.4) is 0 Å². The number of H-pyrrole nitrogens is 1. The van der Waals surface area contributed by atoms with Gasteiger partial charge in [-0.3, -0.25) is 9.55 Å². The second-order valence-corrected chi connectivity index (χ2v) is 2.36. The Labute approximate surface area is 76.2 Å². The number of nitrogens with zero attached hydrogens (tertiary/aromatic N) is 2. The number of aromatic nitrogens is 3. The molecule has 2 aromatic heterocycles. The van der Waals surface area contributed by atoms with Crippen molar-refractivity contribution in [2.75, 3.05) is 0 Å².